The number of nitrogens with two attached hydrogens (primary N) is 1. The predicted molar refractivity (Wildman–Crippen MR) is 68.7 cm³/mol. The van der Waals surface area contributed by atoms with Gasteiger partial charge in [0.15, 0.2) is 17.3 Å². The summed E-state index contributed by atoms with van der Waals surface area (Å²) in [5, 5.41) is 2.66. The predicted octanol–water partition coefficient (Wildman–Crippen LogP) is 2.86. The van der Waals surface area contributed by atoms with Crippen LogP contribution in [-0.4, -0.2) is 16.3 Å². The molecule has 6 heteroatoms. The van der Waals surface area contributed by atoms with Gasteiger partial charge in [-0.15, -0.1) is 0 Å². The van der Waals surface area contributed by atoms with E-state index in [0.29, 0.717) is 5.82 Å². The van der Waals surface area contributed by atoms with Gasteiger partial charge in [0.2, 0.25) is 0 Å². The summed E-state index contributed by atoms with van der Waals surface area (Å²) in [6.07, 6.45) is 3.78. The lowest BCUT2D eigenvalue weighted by Gasteiger charge is -2.12. The summed E-state index contributed by atoms with van der Waals surface area (Å²) in [7, 11) is 0. The van der Waals surface area contributed by atoms with Crippen LogP contribution in [0.5, 0.6) is 0 Å². The van der Waals surface area contributed by atoms with Gasteiger partial charge in [0.05, 0.1) is 0 Å². The number of nitrogens with one attached hydrogen (secondary N) is 1. The largest absolute Gasteiger partial charge is 0.393 e. The van der Waals surface area contributed by atoms with Gasteiger partial charge in [-0.05, 0) is 6.92 Å². The Bertz CT molecular complexity index is 434. The second kappa shape index (κ2) is 6.20. The molecule has 0 spiro atoms. The Morgan fingerprint density at radius 1 is 1.59 bits per heavy atom. The van der Waals surface area contributed by atoms with Crippen molar-refractivity contribution in [1.29, 1.82) is 0 Å². The molecule has 1 atom stereocenters. The highest BCUT2D eigenvalue weighted by Gasteiger charge is 2.11. The fourth-order valence-electron chi connectivity index (χ4n) is 1.16. The van der Waals surface area contributed by atoms with Crippen molar-refractivity contribution in [1.82, 2.24) is 9.97 Å². The summed E-state index contributed by atoms with van der Waals surface area (Å²) >= 11 is 5.76. The summed E-state index contributed by atoms with van der Waals surface area (Å²) in [4.78, 5) is 7.84. The van der Waals surface area contributed by atoms with Gasteiger partial charge in [0.25, 0.3) is 0 Å². The van der Waals surface area contributed by atoms with Gasteiger partial charge in [0, 0.05) is 6.42 Å². The van der Waals surface area contributed by atoms with Crippen LogP contribution in [0.2, 0.25) is 5.15 Å². The van der Waals surface area contributed by atoms with Crippen molar-refractivity contribution < 1.29 is 4.39 Å². The molecule has 0 radical (unpaired) electrons. The zero-order valence-corrected chi connectivity index (χ0v) is 10.2. The summed E-state index contributed by atoms with van der Waals surface area (Å²) in [6.45, 7) is 5.15. The number of halogens is 2. The minimum atomic E-state index is -1.29. The Labute approximate surface area is 104 Å². The van der Waals surface area contributed by atoms with Crippen molar-refractivity contribution in [2.45, 2.75) is 19.6 Å². The van der Waals surface area contributed by atoms with Crippen LogP contribution in [0.1, 0.15) is 12.2 Å². The smallest absolute Gasteiger partial charge is 0.174 e. The lowest BCUT2D eigenvalue weighted by molar-refractivity contribution is 0.375. The van der Waals surface area contributed by atoms with Crippen LogP contribution in [0, 0.1) is 6.92 Å². The third-order valence-corrected chi connectivity index (χ3v) is 2.21. The Balaban J connectivity index is 2.74. The number of allylic oxidation sites excluding steroid dienone is 2. The number of rotatable bonds is 5. The lowest BCUT2D eigenvalue weighted by Crippen LogP contribution is -2.16. The molecule has 0 fully saturated rings. The number of aromatic nitrogens is 2. The van der Waals surface area contributed by atoms with Crippen molar-refractivity contribution in [2.75, 3.05) is 11.1 Å². The first-order valence-electron chi connectivity index (χ1n) is 5.02. The van der Waals surface area contributed by atoms with Crippen molar-refractivity contribution in [3.63, 3.8) is 0 Å². The molecule has 0 amide bonds. The average Bonchev–Trinajstić information content (AvgIpc) is 2.25. The van der Waals surface area contributed by atoms with E-state index in [1.807, 2.05) is 0 Å². The fraction of sp³-hybridized carbons (Fsp3) is 0.273. The van der Waals surface area contributed by atoms with Gasteiger partial charge >= 0.3 is 0 Å². The number of hydrogen-bond acceptors (Lipinski definition) is 4. The van der Waals surface area contributed by atoms with Gasteiger partial charge in [-0.1, -0.05) is 36.4 Å². The maximum Gasteiger partial charge on any atom is 0.174 e. The van der Waals surface area contributed by atoms with Crippen LogP contribution in [0.3, 0.4) is 0 Å². The van der Waals surface area contributed by atoms with Crippen LogP contribution < -0.4 is 11.1 Å². The summed E-state index contributed by atoms with van der Waals surface area (Å²) in [5.41, 5.74) is 5.78. The maximum absolute atomic E-state index is 13.5. The number of nitrogens with zero attached hydrogens (tertiary/aromatic N) is 2. The molecule has 0 saturated heterocycles. The van der Waals surface area contributed by atoms with Crippen LogP contribution in [0.25, 0.3) is 0 Å². The van der Waals surface area contributed by atoms with Crippen LogP contribution in [-0.2, 0) is 0 Å². The summed E-state index contributed by atoms with van der Waals surface area (Å²) < 4.78 is 13.5. The highest BCUT2D eigenvalue weighted by atomic mass is 35.5. The highest BCUT2D eigenvalue weighted by Crippen LogP contribution is 2.24. The second-order valence-electron chi connectivity index (χ2n) is 3.34. The standard InChI is InChI=1S/C11H14ClFN4/c1-3-4-5-6-8(13)17-11-9(14)10(12)15-7(2)16-11/h3-5,8H,1,6,14H2,2H3,(H,15,16,17)/b5-4-. The normalized spacial score (nSPS) is 12.6. The van der Waals surface area contributed by atoms with E-state index in [4.69, 9.17) is 17.3 Å². The van der Waals surface area contributed by atoms with Crippen molar-refractivity contribution in [3.8, 4) is 0 Å². The maximum atomic E-state index is 13.5. The van der Waals surface area contributed by atoms with E-state index in [-0.39, 0.29) is 23.1 Å². The van der Waals surface area contributed by atoms with Gasteiger partial charge < -0.3 is 11.1 Å². The van der Waals surface area contributed by atoms with Gasteiger partial charge in [0.1, 0.15) is 11.5 Å². The van der Waals surface area contributed by atoms with Crippen LogP contribution >= 0.6 is 11.6 Å². The van der Waals surface area contributed by atoms with Crippen LogP contribution in [0.4, 0.5) is 15.9 Å². The molecule has 0 aliphatic rings. The minimum Gasteiger partial charge on any atom is -0.393 e. The number of alkyl halides is 1. The SMILES string of the molecule is C=C/C=C\CC(F)Nc1nc(C)nc(Cl)c1N. The van der Waals surface area contributed by atoms with Crippen molar-refractivity contribution >= 4 is 23.1 Å². The molecule has 92 valence electrons. The molecular weight excluding hydrogens is 243 g/mol. The first-order chi connectivity index (χ1) is 8.04. The van der Waals surface area contributed by atoms with Crippen molar-refractivity contribution in [3.05, 3.63) is 35.8 Å². The Morgan fingerprint density at radius 3 is 2.94 bits per heavy atom. The topological polar surface area (TPSA) is 63.8 Å². The Kier molecular flexibility index (Phi) is 4.90. The molecule has 1 unspecified atom stereocenters. The number of hydrogen-bond donors (Lipinski definition) is 2. The molecule has 0 aliphatic carbocycles. The molecule has 1 rings (SSSR count). The van der Waals surface area contributed by atoms with Crippen molar-refractivity contribution in [2.24, 2.45) is 0 Å². The molecule has 3 N–H and O–H groups in total. The van der Waals surface area contributed by atoms with E-state index in [1.54, 1.807) is 25.2 Å². The van der Waals surface area contributed by atoms with E-state index < -0.39 is 6.30 Å². The molecule has 1 aromatic rings. The average molecular weight is 257 g/mol. The van der Waals surface area contributed by atoms with E-state index >= 15 is 0 Å². The molecule has 4 nitrogen and oxygen atoms in total. The summed E-state index contributed by atoms with van der Waals surface area (Å²) in [5.74, 6) is 0.641. The van der Waals surface area contributed by atoms with E-state index in [9.17, 15) is 4.39 Å². The first kappa shape index (κ1) is 13.4. The number of anilines is 2. The quantitative estimate of drug-likeness (QED) is 0.483. The first-order valence-corrected chi connectivity index (χ1v) is 5.40. The lowest BCUT2D eigenvalue weighted by atomic mass is 10.3. The molecule has 0 aliphatic heterocycles. The Morgan fingerprint density at radius 2 is 2.29 bits per heavy atom. The molecule has 17 heavy (non-hydrogen) atoms. The second-order valence-corrected chi connectivity index (χ2v) is 3.69. The fourth-order valence-corrected chi connectivity index (χ4v) is 1.37. The number of aryl methyl sites for hydroxylation is 1. The van der Waals surface area contributed by atoms with Crippen LogP contribution in [0.15, 0.2) is 24.8 Å². The van der Waals surface area contributed by atoms with Gasteiger partial charge in [-0.2, -0.15) is 0 Å². The summed E-state index contributed by atoms with van der Waals surface area (Å²) in [6, 6.07) is 0. The zero-order valence-electron chi connectivity index (χ0n) is 9.45. The van der Waals surface area contributed by atoms with E-state index in [2.05, 4.69) is 21.9 Å². The van der Waals surface area contributed by atoms with E-state index in [1.165, 1.54) is 0 Å². The monoisotopic (exact) mass is 256 g/mol. The van der Waals surface area contributed by atoms with Gasteiger partial charge in [-0.3, -0.25) is 0 Å². The molecule has 0 bridgehead atoms. The van der Waals surface area contributed by atoms with Gasteiger partial charge in [-0.25, -0.2) is 14.4 Å². The molecule has 0 aromatic carbocycles. The highest BCUT2D eigenvalue weighted by molar-refractivity contribution is 6.32. The third-order valence-electron chi connectivity index (χ3n) is 1.92. The van der Waals surface area contributed by atoms with E-state index in [0.717, 1.165) is 0 Å². The third kappa shape index (κ3) is 4.03. The Hall–Kier alpha value is -1.62. The number of nitrogen functional groups attached to an aromatic ring is 1. The molecular formula is C11H14ClFN4. The zero-order chi connectivity index (χ0) is 12.8. The molecule has 0 saturated carbocycles. The molecule has 1 heterocycles. The minimum absolute atomic E-state index is 0.119. The molecule has 1 aromatic heterocycles.